The molecular formula is C15H14ClN3O4. The van der Waals surface area contributed by atoms with E-state index in [1.165, 1.54) is 32.2 Å². The van der Waals surface area contributed by atoms with Gasteiger partial charge in [0.15, 0.2) is 0 Å². The number of anilines is 3. The van der Waals surface area contributed by atoms with Gasteiger partial charge in [-0.15, -0.1) is 0 Å². The van der Waals surface area contributed by atoms with Crippen molar-refractivity contribution in [2.75, 3.05) is 17.7 Å². The minimum atomic E-state index is -0.516. The minimum absolute atomic E-state index is 0.0887. The predicted molar refractivity (Wildman–Crippen MR) is 88.7 cm³/mol. The molecule has 8 heteroatoms. The number of carbonyl (C=O) groups excluding carboxylic acids is 1. The van der Waals surface area contributed by atoms with Crippen molar-refractivity contribution in [2.24, 2.45) is 0 Å². The minimum Gasteiger partial charge on any atom is -0.495 e. The summed E-state index contributed by atoms with van der Waals surface area (Å²) in [6, 6.07) is 9.24. The Labute approximate surface area is 137 Å². The molecule has 23 heavy (non-hydrogen) atoms. The number of rotatable bonds is 5. The molecule has 0 saturated heterocycles. The number of benzene rings is 2. The molecule has 2 aromatic rings. The Hall–Kier alpha value is -2.80. The number of non-ortho nitro benzene ring substituents is 1. The Morgan fingerprint density at radius 3 is 2.52 bits per heavy atom. The Morgan fingerprint density at radius 2 is 1.96 bits per heavy atom. The molecule has 0 aliphatic rings. The van der Waals surface area contributed by atoms with Gasteiger partial charge in [-0.05, 0) is 24.3 Å². The van der Waals surface area contributed by atoms with Gasteiger partial charge in [0.25, 0.3) is 5.69 Å². The van der Waals surface area contributed by atoms with Crippen LogP contribution in [0.5, 0.6) is 5.75 Å². The first kappa shape index (κ1) is 16.6. The average molecular weight is 336 g/mol. The zero-order chi connectivity index (χ0) is 17.0. The second-order valence-electron chi connectivity index (χ2n) is 4.64. The molecule has 1 amide bonds. The van der Waals surface area contributed by atoms with Crippen LogP contribution in [0, 0.1) is 10.1 Å². The topological polar surface area (TPSA) is 93.5 Å². The maximum absolute atomic E-state index is 11.2. The van der Waals surface area contributed by atoms with Gasteiger partial charge in [-0.2, -0.15) is 0 Å². The van der Waals surface area contributed by atoms with E-state index in [9.17, 15) is 14.9 Å². The molecule has 0 aromatic heterocycles. The van der Waals surface area contributed by atoms with Crippen LogP contribution >= 0.6 is 11.6 Å². The standard InChI is InChI=1S/C15H14ClN3O4/c1-9(20)17-14-7-10(3-6-15(14)23-2)18-13-5-4-11(19(21)22)8-12(13)16/h3-8,18H,1-2H3,(H,17,20). The number of hydrogen-bond donors (Lipinski definition) is 2. The van der Waals surface area contributed by atoms with Gasteiger partial charge in [-0.3, -0.25) is 14.9 Å². The van der Waals surface area contributed by atoms with Gasteiger partial charge in [-0.25, -0.2) is 0 Å². The van der Waals surface area contributed by atoms with Gasteiger partial charge in [0.2, 0.25) is 5.91 Å². The first-order chi connectivity index (χ1) is 10.9. The molecule has 2 aromatic carbocycles. The van der Waals surface area contributed by atoms with Crippen LogP contribution < -0.4 is 15.4 Å². The monoisotopic (exact) mass is 335 g/mol. The summed E-state index contributed by atoms with van der Waals surface area (Å²) in [6.07, 6.45) is 0. The molecule has 2 rings (SSSR count). The summed E-state index contributed by atoms with van der Waals surface area (Å²) in [6.45, 7) is 1.40. The van der Waals surface area contributed by atoms with Crippen LogP contribution in [0.15, 0.2) is 36.4 Å². The molecule has 0 unspecified atom stereocenters. The van der Waals surface area contributed by atoms with Gasteiger partial charge in [-0.1, -0.05) is 11.6 Å². The Bertz CT molecular complexity index is 764. The van der Waals surface area contributed by atoms with Gasteiger partial charge in [0.1, 0.15) is 5.75 Å². The third kappa shape index (κ3) is 4.10. The van der Waals surface area contributed by atoms with Crippen molar-refractivity contribution >= 4 is 40.3 Å². The van der Waals surface area contributed by atoms with Crippen LogP contribution in [-0.2, 0) is 4.79 Å². The second kappa shape index (κ2) is 6.97. The van der Waals surface area contributed by atoms with Crippen molar-refractivity contribution in [1.29, 1.82) is 0 Å². The second-order valence-corrected chi connectivity index (χ2v) is 5.05. The first-order valence-electron chi connectivity index (χ1n) is 6.57. The first-order valence-corrected chi connectivity index (χ1v) is 6.95. The molecule has 0 aliphatic heterocycles. The lowest BCUT2D eigenvalue weighted by atomic mass is 10.2. The number of methoxy groups -OCH3 is 1. The number of halogens is 1. The summed E-state index contributed by atoms with van der Waals surface area (Å²) in [7, 11) is 1.50. The van der Waals surface area contributed by atoms with E-state index < -0.39 is 4.92 Å². The third-order valence-electron chi connectivity index (χ3n) is 2.95. The number of nitro benzene ring substituents is 1. The molecular weight excluding hydrogens is 322 g/mol. The van der Waals surface area contributed by atoms with E-state index in [-0.39, 0.29) is 16.6 Å². The summed E-state index contributed by atoms with van der Waals surface area (Å²) in [4.78, 5) is 21.4. The Balaban J connectivity index is 2.29. The van der Waals surface area contributed by atoms with Crippen LogP contribution in [0.1, 0.15) is 6.92 Å². The van der Waals surface area contributed by atoms with Gasteiger partial charge in [0.05, 0.1) is 28.4 Å². The molecule has 0 bridgehead atoms. The third-order valence-corrected chi connectivity index (χ3v) is 3.27. The fraction of sp³-hybridized carbons (Fsp3) is 0.133. The van der Waals surface area contributed by atoms with Crippen LogP contribution in [0.25, 0.3) is 0 Å². The number of nitro groups is 1. The van der Waals surface area contributed by atoms with Gasteiger partial charge in [0, 0.05) is 24.7 Å². The molecule has 0 spiro atoms. The van der Waals surface area contributed by atoms with Gasteiger partial charge >= 0.3 is 0 Å². The Kier molecular flexibility index (Phi) is 5.02. The summed E-state index contributed by atoms with van der Waals surface area (Å²) < 4.78 is 5.17. The fourth-order valence-corrected chi connectivity index (χ4v) is 2.17. The number of hydrogen-bond acceptors (Lipinski definition) is 5. The molecule has 2 N–H and O–H groups in total. The van der Waals surface area contributed by atoms with Crippen molar-refractivity contribution in [3.63, 3.8) is 0 Å². The molecule has 0 atom stereocenters. The van der Waals surface area contributed by atoms with Crippen LogP contribution in [0.4, 0.5) is 22.7 Å². The zero-order valence-electron chi connectivity index (χ0n) is 12.4. The summed E-state index contributed by atoms with van der Waals surface area (Å²) >= 11 is 6.04. The normalized spacial score (nSPS) is 10.0. The maximum atomic E-state index is 11.2. The largest absolute Gasteiger partial charge is 0.495 e. The molecule has 7 nitrogen and oxygen atoms in total. The summed E-state index contributed by atoms with van der Waals surface area (Å²) in [5.74, 6) is 0.286. The quantitative estimate of drug-likeness (QED) is 0.637. The lowest BCUT2D eigenvalue weighted by molar-refractivity contribution is -0.384. The van der Waals surface area contributed by atoms with E-state index in [1.807, 2.05) is 0 Å². The smallest absolute Gasteiger partial charge is 0.271 e. The van der Waals surface area contributed by atoms with E-state index in [0.717, 1.165) is 0 Å². The molecule has 0 aliphatic carbocycles. The summed E-state index contributed by atoms with van der Waals surface area (Å²) in [5.41, 5.74) is 1.57. The van der Waals surface area contributed by atoms with Crippen molar-refractivity contribution < 1.29 is 14.5 Å². The average Bonchev–Trinajstić information content (AvgIpc) is 2.49. The van der Waals surface area contributed by atoms with Crippen molar-refractivity contribution in [1.82, 2.24) is 0 Å². The lowest BCUT2D eigenvalue weighted by Crippen LogP contribution is -2.07. The Morgan fingerprint density at radius 1 is 1.22 bits per heavy atom. The van der Waals surface area contributed by atoms with E-state index in [1.54, 1.807) is 18.2 Å². The van der Waals surface area contributed by atoms with Crippen molar-refractivity contribution in [3.05, 3.63) is 51.5 Å². The number of amides is 1. The number of nitrogens with one attached hydrogen (secondary N) is 2. The number of carbonyl (C=O) groups is 1. The number of nitrogens with zero attached hydrogens (tertiary/aromatic N) is 1. The molecule has 0 fully saturated rings. The molecule has 0 saturated carbocycles. The molecule has 120 valence electrons. The van der Waals surface area contributed by atoms with E-state index in [2.05, 4.69) is 10.6 Å². The van der Waals surface area contributed by atoms with Crippen LogP contribution in [-0.4, -0.2) is 17.9 Å². The van der Waals surface area contributed by atoms with E-state index in [0.29, 0.717) is 22.8 Å². The molecule has 0 heterocycles. The lowest BCUT2D eigenvalue weighted by Gasteiger charge is -2.13. The number of ether oxygens (including phenoxy) is 1. The van der Waals surface area contributed by atoms with Crippen LogP contribution in [0.3, 0.4) is 0 Å². The zero-order valence-corrected chi connectivity index (χ0v) is 13.2. The summed E-state index contributed by atoms with van der Waals surface area (Å²) in [5, 5.41) is 16.6. The SMILES string of the molecule is COc1ccc(Nc2ccc([N+](=O)[O-])cc2Cl)cc1NC(C)=O. The van der Waals surface area contributed by atoms with E-state index >= 15 is 0 Å². The highest BCUT2D eigenvalue weighted by Gasteiger charge is 2.11. The predicted octanol–water partition coefficient (Wildman–Crippen LogP) is 3.96. The van der Waals surface area contributed by atoms with E-state index in [4.69, 9.17) is 16.3 Å². The van der Waals surface area contributed by atoms with Crippen molar-refractivity contribution in [3.8, 4) is 5.75 Å². The molecule has 0 radical (unpaired) electrons. The highest BCUT2D eigenvalue weighted by molar-refractivity contribution is 6.33. The van der Waals surface area contributed by atoms with Crippen LogP contribution in [0.2, 0.25) is 5.02 Å². The fourth-order valence-electron chi connectivity index (χ4n) is 1.95. The maximum Gasteiger partial charge on any atom is 0.271 e. The van der Waals surface area contributed by atoms with Crippen molar-refractivity contribution in [2.45, 2.75) is 6.92 Å². The highest BCUT2D eigenvalue weighted by Crippen LogP contribution is 2.32. The highest BCUT2D eigenvalue weighted by atomic mass is 35.5. The van der Waals surface area contributed by atoms with Gasteiger partial charge < -0.3 is 15.4 Å².